The Morgan fingerprint density at radius 1 is 1.20 bits per heavy atom. The fourth-order valence-corrected chi connectivity index (χ4v) is 3.24. The van der Waals surface area contributed by atoms with Gasteiger partial charge in [-0.2, -0.15) is 13.2 Å². The summed E-state index contributed by atoms with van der Waals surface area (Å²) in [5.41, 5.74) is 3.26. The summed E-state index contributed by atoms with van der Waals surface area (Å²) >= 11 is 0. The number of rotatable bonds is 2. The van der Waals surface area contributed by atoms with Gasteiger partial charge in [0, 0.05) is 44.0 Å². The molecule has 0 saturated carbocycles. The first-order valence-corrected chi connectivity index (χ1v) is 7.99. The number of imidazole rings is 1. The van der Waals surface area contributed by atoms with Crippen LogP contribution in [0.4, 0.5) is 13.2 Å². The van der Waals surface area contributed by atoms with Crippen LogP contribution in [0.3, 0.4) is 0 Å². The van der Waals surface area contributed by atoms with Crippen molar-refractivity contribution in [2.24, 2.45) is 0 Å². The summed E-state index contributed by atoms with van der Waals surface area (Å²) in [6, 6.07) is 5.95. The van der Waals surface area contributed by atoms with Gasteiger partial charge in [0.1, 0.15) is 5.82 Å². The Balaban J connectivity index is 1.56. The molecule has 0 radical (unpaired) electrons. The highest BCUT2D eigenvalue weighted by molar-refractivity contribution is 5.53. The second-order valence-electron chi connectivity index (χ2n) is 6.19. The number of hydrogen-bond donors (Lipinski definition) is 0. The molecule has 0 unspecified atom stereocenters. The van der Waals surface area contributed by atoms with Crippen LogP contribution in [-0.4, -0.2) is 30.8 Å². The number of halogens is 3. The molecule has 0 saturated heterocycles. The summed E-state index contributed by atoms with van der Waals surface area (Å²) in [5, 5.41) is 0. The van der Waals surface area contributed by atoms with Gasteiger partial charge in [-0.3, -0.25) is 4.90 Å². The van der Waals surface area contributed by atoms with Crippen molar-refractivity contribution in [1.82, 2.24) is 24.3 Å². The molecule has 4 heterocycles. The van der Waals surface area contributed by atoms with Crippen molar-refractivity contribution in [2.75, 3.05) is 6.54 Å². The molecule has 0 fully saturated rings. The van der Waals surface area contributed by atoms with Gasteiger partial charge in [0.15, 0.2) is 0 Å². The largest absolute Gasteiger partial charge is 0.451 e. The first kappa shape index (κ1) is 16.0. The fraction of sp³-hybridized carbons (Fsp3) is 0.353. The zero-order valence-electron chi connectivity index (χ0n) is 13.6. The standard InChI is InChI=1S/C17H16F3N5/c1-11-22-14(15-4-2-3-6-25(11)15)10-24-7-5-13-12(9-24)8-21-16(23-13)17(18,19)20/h2-4,6,8H,5,7,9-10H2,1H3. The quantitative estimate of drug-likeness (QED) is 0.715. The highest BCUT2D eigenvalue weighted by atomic mass is 19.4. The number of aromatic nitrogens is 4. The Kier molecular flexibility index (Phi) is 3.72. The number of nitrogens with zero attached hydrogens (tertiary/aromatic N) is 5. The molecule has 1 aliphatic heterocycles. The molecule has 0 amide bonds. The average Bonchev–Trinajstić information content (AvgIpc) is 2.90. The van der Waals surface area contributed by atoms with E-state index in [9.17, 15) is 13.2 Å². The zero-order chi connectivity index (χ0) is 17.6. The fourth-order valence-electron chi connectivity index (χ4n) is 3.24. The van der Waals surface area contributed by atoms with E-state index in [4.69, 9.17) is 0 Å². The van der Waals surface area contributed by atoms with E-state index >= 15 is 0 Å². The van der Waals surface area contributed by atoms with Crippen LogP contribution < -0.4 is 0 Å². The smallest absolute Gasteiger partial charge is 0.304 e. The van der Waals surface area contributed by atoms with E-state index in [1.807, 2.05) is 35.7 Å². The van der Waals surface area contributed by atoms with Crippen LogP contribution in [0.25, 0.3) is 5.52 Å². The number of alkyl halides is 3. The number of aryl methyl sites for hydroxylation is 1. The molecule has 130 valence electrons. The molecule has 3 aromatic heterocycles. The van der Waals surface area contributed by atoms with Crippen molar-refractivity contribution in [2.45, 2.75) is 32.6 Å². The molecule has 0 aliphatic carbocycles. The van der Waals surface area contributed by atoms with Gasteiger partial charge in [-0.05, 0) is 19.1 Å². The predicted molar refractivity (Wildman–Crippen MR) is 84.8 cm³/mol. The lowest BCUT2D eigenvalue weighted by atomic mass is 10.1. The maximum absolute atomic E-state index is 12.7. The van der Waals surface area contributed by atoms with Crippen molar-refractivity contribution >= 4 is 5.52 Å². The maximum atomic E-state index is 12.7. The number of fused-ring (bicyclic) bond motifs is 2. The van der Waals surface area contributed by atoms with Crippen molar-refractivity contribution in [3.05, 3.63) is 59.2 Å². The van der Waals surface area contributed by atoms with Crippen LogP contribution in [0.5, 0.6) is 0 Å². The lowest BCUT2D eigenvalue weighted by Crippen LogP contribution is -2.31. The molecule has 1 aliphatic rings. The van der Waals surface area contributed by atoms with Gasteiger partial charge in [-0.1, -0.05) is 6.07 Å². The van der Waals surface area contributed by atoms with Crippen molar-refractivity contribution in [3.8, 4) is 0 Å². The highest BCUT2D eigenvalue weighted by Gasteiger charge is 2.35. The monoisotopic (exact) mass is 347 g/mol. The van der Waals surface area contributed by atoms with Gasteiger partial charge in [-0.15, -0.1) is 0 Å². The third-order valence-electron chi connectivity index (χ3n) is 4.44. The Morgan fingerprint density at radius 3 is 2.84 bits per heavy atom. The molecule has 8 heteroatoms. The Bertz CT molecular complexity index is 932. The second kappa shape index (κ2) is 5.80. The van der Waals surface area contributed by atoms with Crippen molar-refractivity contribution < 1.29 is 13.2 Å². The summed E-state index contributed by atoms with van der Waals surface area (Å²) < 4.78 is 40.2. The van der Waals surface area contributed by atoms with E-state index in [2.05, 4.69) is 19.9 Å². The topological polar surface area (TPSA) is 46.3 Å². The van der Waals surface area contributed by atoms with E-state index in [0.29, 0.717) is 31.7 Å². The number of hydrogen-bond acceptors (Lipinski definition) is 4. The minimum atomic E-state index is -4.50. The van der Waals surface area contributed by atoms with Crippen LogP contribution in [-0.2, 0) is 25.7 Å². The number of pyridine rings is 1. The highest BCUT2D eigenvalue weighted by Crippen LogP contribution is 2.28. The molecule has 3 aromatic rings. The van der Waals surface area contributed by atoms with Gasteiger partial charge in [0.05, 0.1) is 16.9 Å². The third-order valence-corrected chi connectivity index (χ3v) is 4.44. The van der Waals surface area contributed by atoms with E-state index in [0.717, 1.165) is 22.6 Å². The minimum Gasteiger partial charge on any atom is -0.304 e. The molecule has 0 atom stereocenters. The SMILES string of the molecule is Cc1nc(CN2CCc3nc(C(F)(F)F)ncc3C2)c2ccccn12. The first-order valence-electron chi connectivity index (χ1n) is 7.99. The summed E-state index contributed by atoms with van der Waals surface area (Å²) in [7, 11) is 0. The lowest BCUT2D eigenvalue weighted by molar-refractivity contribution is -0.145. The van der Waals surface area contributed by atoms with Crippen LogP contribution in [0.1, 0.15) is 28.6 Å². The molecule has 25 heavy (non-hydrogen) atoms. The molecular formula is C17H16F3N5. The van der Waals surface area contributed by atoms with Gasteiger partial charge in [0.25, 0.3) is 0 Å². The van der Waals surface area contributed by atoms with Crippen LogP contribution in [0, 0.1) is 6.92 Å². The van der Waals surface area contributed by atoms with Gasteiger partial charge in [0.2, 0.25) is 5.82 Å². The zero-order valence-corrected chi connectivity index (χ0v) is 13.6. The van der Waals surface area contributed by atoms with Gasteiger partial charge < -0.3 is 4.40 Å². The Hall–Kier alpha value is -2.48. The summed E-state index contributed by atoms with van der Waals surface area (Å²) in [6.07, 6.45) is -0.752. The molecule has 4 rings (SSSR count). The molecule has 0 bridgehead atoms. The molecule has 0 N–H and O–H groups in total. The molecule has 0 spiro atoms. The minimum absolute atomic E-state index is 0.478. The molecular weight excluding hydrogens is 331 g/mol. The predicted octanol–water partition coefficient (Wildman–Crippen LogP) is 3.01. The summed E-state index contributed by atoms with van der Waals surface area (Å²) in [6.45, 7) is 3.76. The van der Waals surface area contributed by atoms with E-state index in [-0.39, 0.29) is 0 Å². The van der Waals surface area contributed by atoms with E-state index in [1.165, 1.54) is 6.20 Å². The molecule has 5 nitrogen and oxygen atoms in total. The average molecular weight is 347 g/mol. The maximum Gasteiger partial charge on any atom is 0.451 e. The van der Waals surface area contributed by atoms with Crippen LogP contribution >= 0.6 is 0 Å². The van der Waals surface area contributed by atoms with Gasteiger partial charge >= 0.3 is 6.18 Å². The third kappa shape index (κ3) is 2.97. The summed E-state index contributed by atoms with van der Waals surface area (Å²) in [5.74, 6) is -0.142. The summed E-state index contributed by atoms with van der Waals surface area (Å²) in [4.78, 5) is 14.0. The second-order valence-corrected chi connectivity index (χ2v) is 6.19. The van der Waals surface area contributed by atoms with Crippen LogP contribution in [0.15, 0.2) is 30.6 Å². The normalized spacial score (nSPS) is 15.5. The van der Waals surface area contributed by atoms with E-state index in [1.54, 1.807) is 0 Å². The van der Waals surface area contributed by atoms with Crippen LogP contribution in [0.2, 0.25) is 0 Å². The Morgan fingerprint density at radius 2 is 2.04 bits per heavy atom. The van der Waals surface area contributed by atoms with Crippen molar-refractivity contribution in [1.29, 1.82) is 0 Å². The van der Waals surface area contributed by atoms with Gasteiger partial charge in [-0.25, -0.2) is 15.0 Å². The first-order chi connectivity index (χ1) is 11.9. The van der Waals surface area contributed by atoms with E-state index < -0.39 is 12.0 Å². The van der Waals surface area contributed by atoms with Crippen molar-refractivity contribution in [3.63, 3.8) is 0 Å². The Labute approximate surface area is 142 Å². The lowest BCUT2D eigenvalue weighted by Gasteiger charge is -2.27. The molecule has 0 aromatic carbocycles.